The van der Waals surface area contributed by atoms with Gasteiger partial charge in [-0.15, -0.1) is 0 Å². The average molecular weight is 314 g/mol. The molecular formula is C14H22N2O4S. The third-order valence-electron chi connectivity index (χ3n) is 3.47. The SMILES string of the molecule is Nc1ccccc1OCC(O)CN1CCCS(=O)(=O)CC1. The summed E-state index contributed by atoms with van der Waals surface area (Å²) >= 11 is 0. The van der Waals surface area contributed by atoms with Gasteiger partial charge >= 0.3 is 0 Å². The Kier molecular flexibility index (Phi) is 5.44. The van der Waals surface area contributed by atoms with Crippen LogP contribution in [0, 0.1) is 0 Å². The summed E-state index contributed by atoms with van der Waals surface area (Å²) in [7, 11) is -2.92. The molecule has 1 saturated heterocycles. The fourth-order valence-corrected chi connectivity index (χ4v) is 3.63. The van der Waals surface area contributed by atoms with Crippen LogP contribution in [0.25, 0.3) is 0 Å². The van der Waals surface area contributed by atoms with Gasteiger partial charge in [-0.3, -0.25) is 4.90 Å². The molecule has 1 aromatic rings. The van der Waals surface area contributed by atoms with Gasteiger partial charge in [0, 0.05) is 13.1 Å². The number of aliphatic hydroxyl groups excluding tert-OH is 1. The lowest BCUT2D eigenvalue weighted by Crippen LogP contribution is -2.37. The number of hydrogen-bond donors (Lipinski definition) is 2. The number of nitrogens with zero attached hydrogens (tertiary/aromatic N) is 1. The van der Waals surface area contributed by atoms with Gasteiger partial charge in [0.25, 0.3) is 0 Å². The molecule has 1 heterocycles. The van der Waals surface area contributed by atoms with Crippen molar-refractivity contribution in [2.24, 2.45) is 0 Å². The number of hydrogen-bond acceptors (Lipinski definition) is 6. The number of β-amino-alcohol motifs (C(OH)–C–C–N with tert-alkyl or cyclic N) is 1. The highest BCUT2D eigenvalue weighted by Gasteiger charge is 2.21. The molecule has 7 heteroatoms. The van der Waals surface area contributed by atoms with Crippen LogP contribution >= 0.6 is 0 Å². The number of anilines is 1. The van der Waals surface area contributed by atoms with Gasteiger partial charge in [-0.05, 0) is 25.1 Å². The van der Waals surface area contributed by atoms with Crippen molar-refractivity contribution in [3.05, 3.63) is 24.3 Å². The van der Waals surface area contributed by atoms with E-state index in [0.717, 1.165) is 0 Å². The van der Waals surface area contributed by atoms with Crippen LogP contribution < -0.4 is 10.5 Å². The lowest BCUT2D eigenvalue weighted by molar-refractivity contribution is 0.0710. The fourth-order valence-electron chi connectivity index (χ4n) is 2.32. The van der Waals surface area contributed by atoms with Gasteiger partial charge in [0.2, 0.25) is 0 Å². The van der Waals surface area contributed by atoms with E-state index in [1.807, 2.05) is 17.0 Å². The predicted molar refractivity (Wildman–Crippen MR) is 82.1 cm³/mol. The molecule has 3 N–H and O–H groups in total. The molecule has 118 valence electrons. The zero-order valence-corrected chi connectivity index (χ0v) is 12.8. The Morgan fingerprint density at radius 2 is 2.05 bits per heavy atom. The summed E-state index contributed by atoms with van der Waals surface area (Å²) < 4.78 is 28.5. The fraction of sp³-hybridized carbons (Fsp3) is 0.571. The average Bonchev–Trinajstić information content (AvgIpc) is 2.59. The van der Waals surface area contributed by atoms with Gasteiger partial charge in [0.15, 0.2) is 9.84 Å². The Hall–Kier alpha value is -1.31. The molecule has 0 saturated carbocycles. The highest BCUT2D eigenvalue weighted by atomic mass is 32.2. The number of nitrogen functional groups attached to an aromatic ring is 1. The summed E-state index contributed by atoms with van der Waals surface area (Å²) in [4.78, 5) is 1.97. The Morgan fingerprint density at radius 1 is 1.29 bits per heavy atom. The summed E-state index contributed by atoms with van der Waals surface area (Å²) in [6, 6.07) is 7.12. The summed E-state index contributed by atoms with van der Waals surface area (Å²) in [6.07, 6.45) is -0.0629. The summed E-state index contributed by atoms with van der Waals surface area (Å²) in [5, 5.41) is 10.0. The number of sulfone groups is 1. The van der Waals surface area contributed by atoms with E-state index in [1.54, 1.807) is 12.1 Å². The third-order valence-corrected chi connectivity index (χ3v) is 5.18. The van der Waals surface area contributed by atoms with E-state index in [1.165, 1.54) is 0 Å². The second kappa shape index (κ2) is 7.11. The highest BCUT2D eigenvalue weighted by molar-refractivity contribution is 7.91. The van der Waals surface area contributed by atoms with Gasteiger partial charge in [0.1, 0.15) is 18.5 Å². The molecule has 0 aliphatic carbocycles. The van der Waals surface area contributed by atoms with Crippen molar-refractivity contribution in [3.8, 4) is 5.75 Å². The van der Waals surface area contributed by atoms with E-state index in [2.05, 4.69) is 0 Å². The van der Waals surface area contributed by atoms with Crippen LogP contribution in [0.5, 0.6) is 5.75 Å². The minimum Gasteiger partial charge on any atom is -0.489 e. The Bertz CT molecular complexity index is 562. The first-order chi connectivity index (χ1) is 9.96. The Labute approximate surface area is 125 Å². The van der Waals surface area contributed by atoms with Crippen molar-refractivity contribution in [1.82, 2.24) is 4.90 Å². The maximum Gasteiger partial charge on any atom is 0.151 e. The van der Waals surface area contributed by atoms with Gasteiger partial charge in [-0.2, -0.15) is 0 Å². The highest BCUT2D eigenvalue weighted by Crippen LogP contribution is 2.19. The van der Waals surface area contributed by atoms with Crippen LogP contribution in [0.3, 0.4) is 0 Å². The predicted octanol–water partition coefficient (Wildman–Crippen LogP) is 0.129. The second-order valence-electron chi connectivity index (χ2n) is 5.31. The Balaban J connectivity index is 1.79. The minimum absolute atomic E-state index is 0.136. The smallest absolute Gasteiger partial charge is 0.151 e. The molecule has 0 bridgehead atoms. The van der Waals surface area contributed by atoms with Crippen LogP contribution in [-0.2, 0) is 9.84 Å². The van der Waals surface area contributed by atoms with Crippen LogP contribution in [0.4, 0.5) is 5.69 Å². The molecule has 0 spiro atoms. The van der Waals surface area contributed by atoms with Crippen molar-refractivity contribution in [2.45, 2.75) is 12.5 Å². The quantitative estimate of drug-likeness (QED) is 0.751. The molecule has 1 aliphatic heterocycles. The van der Waals surface area contributed by atoms with Crippen LogP contribution in [0.15, 0.2) is 24.3 Å². The number of rotatable bonds is 5. The standard InChI is InChI=1S/C14H22N2O4S/c15-13-4-1-2-5-14(13)20-11-12(17)10-16-6-3-8-21(18,19)9-7-16/h1-2,4-5,12,17H,3,6-11,15H2. The first-order valence-electron chi connectivity index (χ1n) is 7.04. The third kappa shape index (κ3) is 5.18. The molecule has 0 amide bonds. The summed E-state index contributed by atoms with van der Waals surface area (Å²) in [5.74, 6) is 0.943. The molecule has 1 atom stereocenters. The Morgan fingerprint density at radius 3 is 2.81 bits per heavy atom. The van der Waals surface area contributed by atoms with E-state index in [-0.39, 0.29) is 18.1 Å². The van der Waals surface area contributed by atoms with Crippen molar-refractivity contribution < 1.29 is 18.3 Å². The lowest BCUT2D eigenvalue weighted by Gasteiger charge is -2.23. The number of para-hydroxylation sites is 2. The van der Waals surface area contributed by atoms with Crippen molar-refractivity contribution in [2.75, 3.05) is 43.5 Å². The maximum atomic E-state index is 11.5. The van der Waals surface area contributed by atoms with Crippen LogP contribution in [0.1, 0.15) is 6.42 Å². The topological polar surface area (TPSA) is 92.9 Å². The molecule has 6 nitrogen and oxygen atoms in total. The normalized spacial score (nSPS) is 20.6. The maximum absolute atomic E-state index is 11.5. The molecule has 1 aromatic carbocycles. The van der Waals surface area contributed by atoms with E-state index in [0.29, 0.717) is 37.5 Å². The number of benzene rings is 1. The van der Waals surface area contributed by atoms with E-state index >= 15 is 0 Å². The molecule has 2 rings (SSSR count). The van der Waals surface area contributed by atoms with E-state index < -0.39 is 15.9 Å². The summed E-state index contributed by atoms with van der Waals surface area (Å²) in [5.41, 5.74) is 6.29. The van der Waals surface area contributed by atoms with E-state index in [4.69, 9.17) is 10.5 Å². The molecule has 1 aliphatic rings. The molecule has 1 fully saturated rings. The van der Waals surface area contributed by atoms with Gasteiger partial charge in [-0.25, -0.2) is 8.42 Å². The van der Waals surface area contributed by atoms with Gasteiger partial charge in [-0.1, -0.05) is 12.1 Å². The molecule has 1 unspecified atom stereocenters. The first-order valence-corrected chi connectivity index (χ1v) is 8.86. The van der Waals surface area contributed by atoms with Crippen molar-refractivity contribution in [1.29, 1.82) is 0 Å². The molecule has 0 aromatic heterocycles. The van der Waals surface area contributed by atoms with Gasteiger partial charge in [0.05, 0.1) is 17.2 Å². The van der Waals surface area contributed by atoms with Crippen molar-refractivity contribution in [3.63, 3.8) is 0 Å². The number of aliphatic hydroxyl groups is 1. The monoisotopic (exact) mass is 314 g/mol. The number of ether oxygens (including phenoxy) is 1. The molecular weight excluding hydrogens is 292 g/mol. The first kappa shape index (κ1) is 16.1. The molecule has 21 heavy (non-hydrogen) atoms. The largest absolute Gasteiger partial charge is 0.489 e. The minimum atomic E-state index is -2.92. The van der Waals surface area contributed by atoms with E-state index in [9.17, 15) is 13.5 Å². The zero-order valence-electron chi connectivity index (χ0n) is 11.9. The second-order valence-corrected chi connectivity index (χ2v) is 7.61. The van der Waals surface area contributed by atoms with Crippen LogP contribution in [-0.4, -0.2) is 62.3 Å². The lowest BCUT2D eigenvalue weighted by atomic mass is 10.3. The van der Waals surface area contributed by atoms with Gasteiger partial charge < -0.3 is 15.6 Å². The van der Waals surface area contributed by atoms with Crippen molar-refractivity contribution >= 4 is 15.5 Å². The van der Waals surface area contributed by atoms with Crippen LogP contribution in [0.2, 0.25) is 0 Å². The summed E-state index contributed by atoms with van der Waals surface area (Å²) in [6.45, 7) is 1.69. The zero-order chi connectivity index (χ0) is 15.3. The number of nitrogens with two attached hydrogens (primary N) is 1. The molecule has 0 radical (unpaired) electrons.